The number of aromatic nitrogens is 1. The molecule has 2 aliphatic rings. The second-order valence-electron chi connectivity index (χ2n) is 14.4. The molecule has 0 amide bonds. The average molecular weight is 728 g/mol. The molecule has 0 saturated carbocycles. The third kappa shape index (κ3) is 3.98. The first-order chi connectivity index (χ1) is 26.5. The smallest absolute Gasteiger partial charge is 0.171 e. The van der Waals surface area contributed by atoms with E-state index in [1.165, 1.54) is 36.7 Å². The van der Waals surface area contributed by atoms with Crippen molar-refractivity contribution in [3.05, 3.63) is 204 Å². The molecule has 2 nitrogen and oxygen atoms in total. The van der Waals surface area contributed by atoms with Crippen molar-refractivity contribution >= 4 is 77.1 Å². The highest BCUT2D eigenvalue weighted by atomic mass is 32.1. The van der Waals surface area contributed by atoms with E-state index in [4.69, 9.17) is 0 Å². The maximum Gasteiger partial charge on any atom is 0.171 e. The van der Waals surface area contributed by atoms with E-state index in [1.807, 2.05) is 35.6 Å². The molecule has 2 aromatic heterocycles. The number of rotatable bonds is 3. The Kier molecular flexibility index (Phi) is 6.72. The highest BCUT2D eigenvalue weighted by Crippen LogP contribution is 2.59. The lowest BCUT2D eigenvalue weighted by molar-refractivity contribution is 0.590. The van der Waals surface area contributed by atoms with Gasteiger partial charge >= 0.3 is 0 Å². The summed E-state index contributed by atoms with van der Waals surface area (Å²) < 4.78 is 21.6. The molecule has 0 fully saturated rings. The van der Waals surface area contributed by atoms with Crippen LogP contribution in [0.4, 0.5) is 0 Å². The molecule has 0 radical (unpaired) electrons. The standard InChI is InChI=1S/C50H34NOPS/c1-3-15-38-36-18-7-11-22-43(36)51-44-23-12-9-20-40(44)50(32(2)49(38)51)41-21-10-13-24-45(41)53(52,35-16-5-4-6-17-35)46-31-34(26-28-42(46)50)33-27-29-48-39(30-33)37-19-8-14-25-47(37)54-48/h3-31H,1H2,2H3/b38-15-. The van der Waals surface area contributed by atoms with Gasteiger partial charge in [-0.2, -0.15) is 0 Å². The number of nitrogens with zero attached hydrogens (tertiary/aromatic N) is 1. The molecule has 2 unspecified atom stereocenters. The zero-order valence-electron chi connectivity index (χ0n) is 29.7. The van der Waals surface area contributed by atoms with Crippen LogP contribution < -0.4 is 26.5 Å². The van der Waals surface area contributed by atoms with Crippen LogP contribution in [0, 0.1) is 0 Å². The lowest BCUT2D eigenvalue weighted by Gasteiger charge is -2.47. The summed E-state index contributed by atoms with van der Waals surface area (Å²) in [5.74, 6) is 0. The summed E-state index contributed by atoms with van der Waals surface area (Å²) >= 11 is 1.83. The largest absolute Gasteiger partial charge is 0.309 e. The minimum absolute atomic E-state index is 0.717. The molecule has 11 rings (SSSR count). The minimum Gasteiger partial charge on any atom is -0.309 e. The van der Waals surface area contributed by atoms with E-state index in [-0.39, 0.29) is 0 Å². The number of hydrogen-bond acceptors (Lipinski definition) is 2. The Hall–Kier alpha value is -5.99. The van der Waals surface area contributed by atoms with Crippen molar-refractivity contribution in [2.75, 3.05) is 0 Å². The molecule has 2 aliphatic heterocycles. The summed E-state index contributed by atoms with van der Waals surface area (Å²) in [4.78, 5) is 0. The lowest BCUT2D eigenvalue weighted by atomic mass is 9.63. The van der Waals surface area contributed by atoms with Crippen molar-refractivity contribution in [2.24, 2.45) is 0 Å². The number of allylic oxidation sites excluding steroid dienone is 1. The molecule has 1 spiro atoms. The van der Waals surface area contributed by atoms with Crippen LogP contribution in [0.5, 0.6) is 0 Å². The normalized spacial score (nSPS) is 18.8. The first-order valence-corrected chi connectivity index (χ1v) is 20.9. The Labute approximate surface area is 317 Å². The van der Waals surface area contributed by atoms with E-state index in [9.17, 15) is 0 Å². The van der Waals surface area contributed by atoms with E-state index in [0.29, 0.717) is 0 Å². The van der Waals surface area contributed by atoms with Crippen molar-refractivity contribution in [3.63, 3.8) is 0 Å². The molecule has 54 heavy (non-hydrogen) atoms. The summed E-state index contributed by atoms with van der Waals surface area (Å²) in [5, 5.41) is 8.66. The van der Waals surface area contributed by atoms with Gasteiger partial charge in [0.1, 0.15) is 0 Å². The number of para-hydroxylation sites is 2. The van der Waals surface area contributed by atoms with E-state index in [1.54, 1.807) is 0 Å². The van der Waals surface area contributed by atoms with Gasteiger partial charge in [-0.1, -0.05) is 146 Å². The Morgan fingerprint density at radius 2 is 1.26 bits per heavy atom. The fourth-order valence-corrected chi connectivity index (χ4v) is 14.0. The Morgan fingerprint density at radius 1 is 0.611 bits per heavy atom. The molecular weight excluding hydrogens is 694 g/mol. The van der Waals surface area contributed by atoms with Crippen molar-refractivity contribution in [3.8, 4) is 16.8 Å². The number of hydrogen-bond donors (Lipinski definition) is 0. The van der Waals surface area contributed by atoms with Gasteiger partial charge in [0.25, 0.3) is 0 Å². The van der Waals surface area contributed by atoms with Crippen LogP contribution in [-0.2, 0) is 9.98 Å². The van der Waals surface area contributed by atoms with Crippen LogP contribution in [-0.4, -0.2) is 4.57 Å². The third-order valence-corrected chi connectivity index (χ3v) is 16.2. The lowest BCUT2D eigenvalue weighted by Crippen LogP contribution is -2.52. The summed E-state index contributed by atoms with van der Waals surface area (Å²) in [6.07, 6.45) is 4.05. The van der Waals surface area contributed by atoms with Crippen molar-refractivity contribution in [2.45, 2.75) is 12.3 Å². The topological polar surface area (TPSA) is 22.0 Å². The molecule has 4 heterocycles. The second kappa shape index (κ2) is 11.5. The molecule has 0 saturated heterocycles. The maximum absolute atomic E-state index is 16.6. The fraction of sp³-hybridized carbons (Fsp3) is 0.0400. The van der Waals surface area contributed by atoms with Gasteiger partial charge in [0.15, 0.2) is 7.14 Å². The Balaban J connectivity index is 1.31. The average Bonchev–Trinajstić information content (AvgIpc) is 3.77. The zero-order chi connectivity index (χ0) is 36.2. The SMILES string of the molecule is C=C/C=c1\c2n(c3ccccc13)-c1ccccc1C1(C=2C)c2ccccc2P(=O)(c2ccccc2)c2cc(-c3ccc4sc5ccccc5c4c3)ccc21. The molecule has 0 aliphatic carbocycles. The third-order valence-electron chi connectivity index (χ3n) is 11.9. The minimum atomic E-state index is -3.38. The summed E-state index contributed by atoms with van der Waals surface area (Å²) in [6, 6.07) is 58.4. The zero-order valence-corrected chi connectivity index (χ0v) is 31.4. The van der Waals surface area contributed by atoms with Crippen LogP contribution in [0.1, 0.15) is 23.6 Å². The van der Waals surface area contributed by atoms with Crippen LogP contribution in [0.3, 0.4) is 0 Å². The van der Waals surface area contributed by atoms with Crippen molar-refractivity contribution in [1.29, 1.82) is 0 Å². The first kappa shape index (κ1) is 31.5. The Morgan fingerprint density at radius 3 is 2.11 bits per heavy atom. The molecule has 256 valence electrons. The van der Waals surface area contributed by atoms with Crippen LogP contribution in [0.25, 0.3) is 59.5 Å². The highest BCUT2D eigenvalue weighted by Gasteiger charge is 2.53. The Bertz CT molecular complexity index is 3240. The van der Waals surface area contributed by atoms with Crippen molar-refractivity contribution < 1.29 is 4.57 Å². The summed E-state index contributed by atoms with van der Waals surface area (Å²) in [7, 11) is -3.38. The van der Waals surface area contributed by atoms with Gasteiger partial charge in [-0.05, 0) is 76.7 Å². The van der Waals surface area contributed by atoms with Gasteiger partial charge in [0, 0.05) is 46.7 Å². The number of fused-ring (bicyclic) bond motifs is 13. The van der Waals surface area contributed by atoms with E-state index >= 15 is 4.57 Å². The molecule has 0 bridgehead atoms. The molecule has 7 aromatic carbocycles. The number of benzene rings is 7. The molecular formula is C50H34NOPS. The van der Waals surface area contributed by atoms with E-state index < -0.39 is 12.6 Å². The molecule has 9 aromatic rings. The second-order valence-corrected chi connectivity index (χ2v) is 18.2. The van der Waals surface area contributed by atoms with Crippen LogP contribution >= 0.6 is 18.5 Å². The first-order valence-electron chi connectivity index (χ1n) is 18.4. The predicted octanol–water partition coefficient (Wildman–Crippen LogP) is 10.1. The van der Waals surface area contributed by atoms with Crippen molar-refractivity contribution in [1.82, 2.24) is 4.57 Å². The molecule has 2 atom stereocenters. The summed E-state index contributed by atoms with van der Waals surface area (Å²) in [5.41, 5.74) is 8.31. The van der Waals surface area contributed by atoms with E-state index in [2.05, 4.69) is 170 Å². The van der Waals surface area contributed by atoms with Gasteiger partial charge in [-0.15, -0.1) is 11.3 Å². The summed E-state index contributed by atoms with van der Waals surface area (Å²) in [6.45, 7) is 6.45. The quantitative estimate of drug-likeness (QED) is 0.166. The van der Waals surface area contributed by atoms with Crippen LogP contribution in [0.15, 0.2) is 176 Å². The predicted molar refractivity (Wildman–Crippen MR) is 230 cm³/mol. The van der Waals surface area contributed by atoms with Crippen LogP contribution in [0.2, 0.25) is 0 Å². The molecule has 0 N–H and O–H groups in total. The monoisotopic (exact) mass is 727 g/mol. The highest BCUT2D eigenvalue weighted by molar-refractivity contribution is 7.85. The molecule has 4 heteroatoms. The van der Waals surface area contributed by atoms with Gasteiger partial charge in [-0.3, -0.25) is 0 Å². The number of thiophene rings is 1. The van der Waals surface area contributed by atoms with Gasteiger partial charge < -0.3 is 9.13 Å². The van der Waals surface area contributed by atoms with Gasteiger partial charge in [0.05, 0.1) is 22.0 Å². The van der Waals surface area contributed by atoms with Gasteiger partial charge in [0.2, 0.25) is 0 Å². The van der Waals surface area contributed by atoms with Gasteiger partial charge in [-0.25, -0.2) is 0 Å². The maximum atomic E-state index is 16.6. The van der Waals surface area contributed by atoms with E-state index in [0.717, 1.165) is 59.9 Å². The fourth-order valence-electron chi connectivity index (χ4n) is 9.68.